The van der Waals surface area contributed by atoms with Crippen LogP contribution >= 0.6 is 24.2 Å². The van der Waals surface area contributed by atoms with E-state index < -0.39 is 0 Å². The second kappa shape index (κ2) is 6.66. The average molecular weight is 313 g/mol. The zero-order valence-corrected chi connectivity index (χ0v) is 13.8. The van der Waals surface area contributed by atoms with Crippen LogP contribution in [0.3, 0.4) is 0 Å². The van der Waals surface area contributed by atoms with Gasteiger partial charge in [0.05, 0.1) is 7.11 Å². The molecule has 1 unspecified atom stereocenters. The monoisotopic (exact) mass is 312 g/mol. The third-order valence-electron chi connectivity index (χ3n) is 2.92. The fourth-order valence-electron chi connectivity index (χ4n) is 1.81. The van der Waals surface area contributed by atoms with Gasteiger partial charge in [-0.1, -0.05) is 44.7 Å². The summed E-state index contributed by atoms with van der Waals surface area (Å²) >= 11 is 1.58. The molecule has 0 radical (unpaired) electrons. The maximum atomic E-state index is 6.02. The number of aliphatic imine (C=N–C) groups is 1. The summed E-state index contributed by atoms with van der Waals surface area (Å²) in [6.07, 6.45) is 2.13. The van der Waals surface area contributed by atoms with Gasteiger partial charge in [0.15, 0.2) is 0 Å². The van der Waals surface area contributed by atoms with E-state index in [0.717, 1.165) is 21.9 Å². The van der Waals surface area contributed by atoms with Crippen molar-refractivity contribution in [2.45, 2.75) is 26.3 Å². The fourth-order valence-corrected chi connectivity index (χ4v) is 2.68. The molecule has 0 bridgehead atoms. The van der Waals surface area contributed by atoms with E-state index in [2.05, 4.69) is 44.0 Å². The first-order chi connectivity index (χ1) is 8.90. The van der Waals surface area contributed by atoms with Crippen LogP contribution in [0.15, 0.2) is 35.3 Å². The molecule has 1 aliphatic rings. The summed E-state index contributed by atoms with van der Waals surface area (Å²) in [5, 5.41) is 0. The van der Waals surface area contributed by atoms with Crippen LogP contribution in [0.25, 0.3) is 4.91 Å². The lowest BCUT2D eigenvalue weighted by atomic mass is 9.89. The van der Waals surface area contributed by atoms with E-state index >= 15 is 0 Å². The zero-order valence-electron chi connectivity index (χ0n) is 12.2. The van der Waals surface area contributed by atoms with Crippen LogP contribution in [-0.2, 0) is 0 Å². The lowest BCUT2D eigenvalue weighted by molar-refractivity contribution is 0.415. The molecule has 0 saturated carbocycles. The maximum absolute atomic E-state index is 6.02. The number of nitrogens with zero attached hydrogens (tertiary/aromatic N) is 1. The van der Waals surface area contributed by atoms with E-state index in [1.54, 1.807) is 18.9 Å². The first-order valence-corrected chi connectivity index (χ1v) is 7.15. The molecule has 0 aliphatic carbocycles. The van der Waals surface area contributed by atoms with Crippen LogP contribution < -0.4 is 10.5 Å². The van der Waals surface area contributed by atoms with Crippen LogP contribution in [-0.4, -0.2) is 18.3 Å². The van der Waals surface area contributed by atoms with Gasteiger partial charge in [-0.25, -0.2) is 0 Å². The Balaban J connectivity index is 0.00000200. The molecule has 0 fully saturated rings. The molecule has 0 aromatic heterocycles. The van der Waals surface area contributed by atoms with Crippen molar-refractivity contribution >= 4 is 34.8 Å². The highest BCUT2D eigenvalue weighted by Gasteiger charge is 2.23. The highest BCUT2D eigenvalue weighted by atomic mass is 35.5. The van der Waals surface area contributed by atoms with Crippen molar-refractivity contribution in [3.63, 3.8) is 0 Å². The average Bonchev–Trinajstić information content (AvgIpc) is 2.37. The third kappa shape index (κ3) is 4.01. The maximum Gasteiger partial charge on any atom is 0.149 e. The Morgan fingerprint density at radius 1 is 1.20 bits per heavy atom. The summed E-state index contributed by atoms with van der Waals surface area (Å²) in [5.41, 5.74) is 8.00. The van der Waals surface area contributed by atoms with Gasteiger partial charge in [0.2, 0.25) is 0 Å². The highest BCUT2D eigenvalue weighted by Crippen LogP contribution is 2.36. The number of benzene rings is 1. The first kappa shape index (κ1) is 17.1. The van der Waals surface area contributed by atoms with Gasteiger partial charge in [-0.05, 0) is 23.8 Å². The van der Waals surface area contributed by atoms with Crippen molar-refractivity contribution in [2.24, 2.45) is 16.1 Å². The van der Waals surface area contributed by atoms with E-state index in [1.165, 1.54) is 0 Å². The van der Waals surface area contributed by atoms with E-state index in [-0.39, 0.29) is 23.3 Å². The molecule has 1 atom stereocenters. The van der Waals surface area contributed by atoms with Crippen molar-refractivity contribution < 1.29 is 4.74 Å². The molecule has 3 nitrogen and oxygen atoms in total. The van der Waals surface area contributed by atoms with Crippen molar-refractivity contribution in [1.29, 1.82) is 0 Å². The lowest BCUT2D eigenvalue weighted by Crippen LogP contribution is -2.26. The van der Waals surface area contributed by atoms with Crippen molar-refractivity contribution in [1.82, 2.24) is 0 Å². The van der Waals surface area contributed by atoms with Gasteiger partial charge in [0.1, 0.15) is 11.2 Å². The summed E-state index contributed by atoms with van der Waals surface area (Å²) in [7, 11) is 1.67. The predicted octanol–water partition coefficient (Wildman–Crippen LogP) is 3.93. The van der Waals surface area contributed by atoms with E-state index in [1.807, 2.05) is 12.1 Å². The van der Waals surface area contributed by atoms with E-state index in [9.17, 15) is 0 Å². The smallest absolute Gasteiger partial charge is 0.149 e. The first-order valence-electron chi connectivity index (χ1n) is 6.27. The molecular weight excluding hydrogens is 292 g/mol. The fraction of sp³-hybridized carbons (Fsp3) is 0.400. The second-order valence-electron chi connectivity index (χ2n) is 5.51. The van der Waals surface area contributed by atoms with E-state index in [4.69, 9.17) is 10.5 Å². The zero-order chi connectivity index (χ0) is 14.0. The minimum Gasteiger partial charge on any atom is -0.497 e. The molecular formula is C15H21ClN2OS. The molecule has 0 spiro atoms. The minimum absolute atomic E-state index is 0. The van der Waals surface area contributed by atoms with Gasteiger partial charge in [-0.15, -0.1) is 12.4 Å². The SMILES string of the molecule is COc1ccc(C2=CC(C(C)(C)C)=NC(N)S2)cc1.Cl. The van der Waals surface area contributed by atoms with Crippen molar-refractivity contribution in [3.8, 4) is 5.75 Å². The topological polar surface area (TPSA) is 47.6 Å². The van der Waals surface area contributed by atoms with Gasteiger partial charge in [-0.2, -0.15) is 0 Å². The highest BCUT2D eigenvalue weighted by molar-refractivity contribution is 8.08. The molecule has 1 aromatic carbocycles. The lowest BCUT2D eigenvalue weighted by Gasteiger charge is -2.25. The number of rotatable bonds is 2. The minimum atomic E-state index is -0.226. The molecule has 1 heterocycles. The Kier molecular flexibility index (Phi) is 5.68. The quantitative estimate of drug-likeness (QED) is 0.900. The number of thioether (sulfide) groups is 1. The van der Waals surface area contributed by atoms with Crippen LogP contribution in [0, 0.1) is 5.41 Å². The molecule has 1 aliphatic heterocycles. The van der Waals surface area contributed by atoms with Crippen molar-refractivity contribution in [3.05, 3.63) is 35.9 Å². The number of hydrogen-bond donors (Lipinski definition) is 1. The summed E-state index contributed by atoms with van der Waals surface area (Å²) in [6.45, 7) is 6.45. The van der Waals surface area contributed by atoms with E-state index in [0.29, 0.717) is 0 Å². The molecule has 0 amide bonds. The van der Waals surface area contributed by atoms with Crippen LogP contribution in [0.4, 0.5) is 0 Å². The number of allylic oxidation sites excluding steroid dienone is 1. The Morgan fingerprint density at radius 3 is 2.30 bits per heavy atom. The van der Waals surface area contributed by atoms with Crippen LogP contribution in [0.2, 0.25) is 0 Å². The molecule has 110 valence electrons. The molecule has 20 heavy (non-hydrogen) atoms. The number of methoxy groups -OCH3 is 1. The second-order valence-corrected chi connectivity index (χ2v) is 6.67. The molecule has 5 heteroatoms. The normalized spacial score (nSPS) is 18.8. The molecule has 0 saturated heterocycles. The van der Waals surface area contributed by atoms with Gasteiger partial charge < -0.3 is 10.5 Å². The Morgan fingerprint density at radius 2 is 1.80 bits per heavy atom. The summed E-state index contributed by atoms with van der Waals surface area (Å²) < 4.78 is 5.18. The predicted molar refractivity (Wildman–Crippen MR) is 90.7 cm³/mol. The molecule has 2 N–H and O–H groups in total. The number of ether oxygens (including phenoxy) is 1. The van der Waals surface area contributed by atoms with Gasteiger partial charge in [-0.3, -0.25) is 4.99 Å². The number of halogens is 1. The summed E-state index contributed by atoms with van der Waals surface area (Å²) in [6, 6.07) is 8.03. The Labute approximate surface area is 131 Å². The molecule has 1 aromatic rings. The third-order valence-corrected chi connectivity index (χ3v) is 3.88. The van der Waals surface area contributed by atoms with Crippen molar-refractivity contribution in [2.75, 3.05) is 7.11 Å². The number of nitrogens with two attached hydrogens (primary N) is 1. The Bertz CT molecular complexity index is 518. The standard InChI is InChI=1S/C15H20N2OS.ClH/c1-15(2,3)13-9-12(19-14(16)17-13)10-5-7-11(18-4)8-6-10;/h5-9,14H,16H2,1-4H3;1H. The molecule has 2 rings (SSSR count). The summed E-state index contributed by atoms with van der Waals surface area (Å²) in [4.78, 5) is 5.68. The van der Waals surface area contributed by atoms with Crippen LogP contribution in [0.5, 0.6) is 5.75 Å². The van der Waals surface area contributed by atoms with Crippen LogP contribution in [0.1, 0.15) is 26.3 Å². The largest absolute Gasteiger partial charge is 0.497 e. The van der Waals surface area contributed by atoms with Gasteiger partial charge >= 0.3 is 0 Å². The summed E-state index contributed by atoms with van der Waals surface area (Å²) in [5.74, 6) is 0.860. The van der Waals surface area contributed by atoms with Gasteiger partial charge in [0.25, 0.3) is 0 Å². The Hall–Kier alpha value is -0.970. The van der Waals surface area contributed by atoms with Gasteiger partial charge in [0, 0.05) is 16.0 Å². The number of hydrogen-bond acceptors (Lipinski definition) is 4.